The smallest absolute Gasteiger partial charge is 0.167 e. The summed E-state index contributed by atoms with van der Waals surface area (Å²) in [6.45, 7) is 4.20. The average Bonchev–Trinajstić information content (AvgIpc) is 2.90. The first kappa shape index (κ1) is 25.5. The molecule has 0 bridgehead atoms. The Morgan fingerprint density at radius 2 is 1.14 bits per heavy atom. The van der Waals surface area contributed by atoms with Gasteiger partial charge in [-0.05, 0) is 58.7 Å². The van der Waals surface area contributed by atoms with Crippen LogP contribution in [0.5, 0.6) is 0 Å². The minimum atomic E-state index is -0.855. The van der Waals surface area contributed by atoms with Gasteiger partial charge in [-0.2, -0.15) is 0 Å². The van der Waals surface area contributed by atoms with Gasteiger partial charge in [0, 0.05) is 11.1 Å². The lowest BCUT2D eigenvalue weighted by atomic mass is 9.97. The molecule has 0 aromatic heterocycles. The summed E-state index contributed by atoms with van der Waals surface area (Å²) in [5, 5.41) is 0. The van der Waals surface area contributed by atoms with Gasteiger partial charge in [-0.1, -0.05) is 112 Å². The Hall–Kier alpha value is -3.59. The minimum absolute atomic E-state index is 0.182. The van der Waals surface area contributed by atoms with Crippen molar-refractivity contribution < 1.29 is 13.2 Å². The van der Waals surface area contributed by atoms with Crippen LogP contribution in [-0.4, -0.2) is 0 Å². The van der Waals surface area contributed by atoms with E-state index in [0.717, 1.165) is 48.8 Å². The molecular weight excluding hydrogens is 453 g/mol. The zero-order valence-electron chi connectivity index (χ0n) is 20.8. The Morgan fingerprint density at radius 1 is 0.583 bits per heavy atom. The van der Waals surface area contributed by atoms with E-state index in [1.54, 1.807) is 30.3 Å². The molecule has 4 aromatic carbocycles. The van der Waals surface area contributed by atoms with Gasteiger partial charge >= 0.3 is 0 Å². The summed E-state index contributed by atoms with van der Waals surface area (Å²) in [7, 11) is 0. The first-order chi connectivity index (χ1) is 17.5. The predicted octanol–water partition coefficient (Wildman–Crippen LogP) is 9.90. The van der Waals surface area contributed by atoms with Crippen molar-refractivity contribution in [2.75, 3.05) is 0 Å². The van der Waals surface area contributed by atoms with E-state index in [1.165, 1.54) is 5.56 Å². The number of halogens is 3. The molecule has 184 valence electrons. The summed E-state index contributed by atoms with van der Waals surface area (Å²) in [4.78, 5) is 0. The van der Waals surface area contributed by atoms with Crippen LogP contribution in [0.15, 0.2) is 78.9 Å². The molecule has 4 aromatic rings. The van der Waals surface area contributed by atoms with Gasteiger partial charge in [-0.15, -0.1) is 0 Å². The van der Waals surface area contributed by atoms with Crippen molar-refractivity contribution >= 4 is 12.2 Å². The monoisotopic (exact) mass is 484 g/mol. The van der Waals surface area contributed by atoms with Crippen LogP contribution in [0.3, 0.4) is 0 Å². The maximum Gasteiger partial charge on any atom is 0.167 e. The Morgan fingerprint density at radius 3 is 1.69 bits per heavy atom. The van der Waals surface area contributed by atoms with E-state index >= 15 is 4.39 Å². The van der Waals surface area contributed by atoms with E-state index in [0.29, 0.717) is 11.1 Å². The lowest BCUT2D eigenvalue weighted by molar-refractivity contribution is 0.514. The summed E-state index contributed by atoms with van der Waals surface area (Å²) < 4.78 is 44.3. The topological polar surface area (TPSA) is 0 Å². The number of unbranched alkanes of at least 4 members (excludes halogenated alkanes) is 1. The molecule has 0 N–H and O–H groups in total. The Kier molecular flexibility index (Phi) is 8.43. The molecule has 0 amide bonds. The quantitative estimate of drug-likeness (QED) is 0.207. The van der Waals surface area contributed by atoms with Crippen LogP contribution in [0.2, 0.25) is 0 Å². The van der Waals surface area contributed by atoms with Gasteiger partial charge in [0.2, 0.25) is 0 Å². The molecule has 0 aliphatic heterocycles. The second-order valence-corrected chi connectivity index (χ2v) is 9.15. The highest BCUT2D eigenvalue weighted by molar-refractivity contribution is 5.74. The van der Waals surface area contributed by atoms with Crippen molar-refractivity contribution in [2.24, 2.45) is 0 Å². The molecule has 36 heavy (non-hydrogen) atoms. The Balaban J connectivity index is 1.50. The molecule has 0 saturated carbocycles. The Labute approximate surface area is 212 Å². The van der Waals surface area contributed by atoms with Crippen molar-refractivity contribution in [3.8, 4) is 22.3 Å². The van der Waals surface area contributed by atoms with Crippen molar-refractivity contribution in [3.05, 3.63) is 119 Å². The molecule has 0 saturated heterocycles. The number of hydrogen-bond acceptors (Lipinski definition) is 0. The van der Waals surface area contributed by atoms with Gasteiger partial charge in [0.25, 0.3) is 0 Å². The fraction of sp³-hybridized carbons (Fsp3) is 0.212. The normalized spacial score (nSPS) is 11.4. The zero-order valence-corrected chi connectivity index (χ0v) is 20.8. The van der Waals surface area contributed by atoms with Crippen LogP contribution >= 0.6 is 0 Å². The van der Waals surface area contributed by atoms with Gasteiger partial charge in [0.05, 0.1) is 0 Å². The molecule has 0 radical (unpaired) electrons. The van der Waals surface area contributed by atoms with E-state index in [9.17, 15) is 8.78 Å². The molecule has 0 aliphatic carbocycles. The first-order valence-corrected chi connectivity index (χ1v) is 12.6. The highest BCUT2D eigenvalue weighted by Crippen LogP contribution is 2.32. The van der Waals surface area contributed by atoms with Crippen molar-refractivity contribution in [3.63, 3.8) is 0 Å². The molecule has 0 fully saturated rings. The third-order valence-electron chi connectivity index (χ3n) is 6.45. The van der Waals surface area contributed by atoms with E-state index in [1.807, 2.05) is 60.7 Å². The fourth-order valence-corrected chi connectivity index (χ4v) is 4.34. The molecule has 4 rings (SSSR count). The summed E-state index contributed by atoms with van der Waals surface area (Å²) in [6, 6.07) is 23.4. The third kappa shape index (κ3) is 5.96. The van der Waals surface area contributed by atoms with Gasteiger partial charge in [0.15, 0.2) is 11.6 Å². The van der Waals surface area contributed by atoms with Crippen LogP contribution in [0.25, 0.3) is 34.4 Å². The first-order valence-electron chi connectivity index (χ1n) is 12.6. The second kappa shape index (κ2) is 11.9. The average molecular weight is 485 g/mol. The number of aryl methyl sites for hydroxylation is 2. The van der Waals surface area contributed by atoms with Crippen molar-refractivity contribution in [1.29, 1.82) is 0 Å². The highest BCUT2D eigenvalue weighted by Gasteiger charge is 2.16. The lowest BCUT2D eigenvalue weighted by Gasteiger charge is -2.10. The van der Waals surface area contributed by atoms with Gasteiger partial charge in [-0.3, -0.25) is 0 Å². The summed E-state index contributed by atoms with van der Waals surface area (Å²) in [6.07, 6.45) is 8.48. The van der Waals surface area contributed by atoms with Crippen LogP contribution in [0.1, 0.15) is 55.4 Å². The largest absolute Gasteiger partial charge is 0.207 e. The molecule has 0 nitrogen and oxygen atoms in total. The van der Waals surface area contributed by atoms with Crippen molar-refractivity contribution in [2.45, 2.75) is 46.0 Å². The van der Waals surface area contributed by atoms with E-state index in [-0.39, 0.29) is 16.9 Å². The Bertz CT molecular complexity index is 1330. The van der Waals surface area contributed by atoms with Crippen molar-refractivity contribution in [1.82, 2.24) is 0 Å². The van der Waals surface area contributed by atoms with E-state index in [4.69, 9.17) is 0 Å². The highest BCUT2D eigenvalue weighted by atomic mass is 19.2. The summed E-state index contributed by atoms with van der Waals surface area (Å²) in [5.74, 6) is -1.88. The van der Waals surface area contributed by atoms with Crippen LogP contribution < -0.4 is 0 Å². The van der Waals surface area contributed by atoms with Crippen LogP contribution in [0.4, 0.5) is 13.2 Å². The third-order valence-corrected chi connectivity index (χ3v) is 6.45. The standard InChI is InChI=1S/C33H31F3/c1-3-5-7-28-19-14-25(22-31(28)34)9-8-24-12-17-27(18-13-24)30-21-20-29(32(35)33(30)36)26-15-10-23(6-4-2)11-16-26/h8-22H,3-7H2,1-2H3/b9-8+. The zero-order chi connectivity index (χ0) is 25.5. The molecule has 3 heteroatoms. The maximum atomic E-state index is 15.0. The number of hydrogen-bond donors (Lipinski definition) is 0. The fourth-order valence-electron chi connectivity index (χ4n) is 4.34. The predicted molar refractivity (Wildman–Crippen MR) is 145 cm³/mol. The number of rotatable bonds is 9. The molecule has 0 atom stereocenters. The SMILES string of the molecule is CCCCc1ccc(/C=C/c2ccc(-c3ccc(-c4ccc(CCC)cc4)c(F)c3F)cc2)cc1F. The van der Waals surface area contributed by atoms with Crippen LogP contribution in [0, 0.1) is 17.5 Å². The van der Waals surface area contributed by atoms with Crippen LogP contribution in [-0.2, 0) is 12.8 Å². The summed E-state index contributed by atoms with van der Waals surface area (Å²) >= 11 is 0. The molecule has 0 heterocycles. The van der Waals surface area contributed by atoms with Gasteiger partial charge < -0.3 is 0 Å². The van der Waals surface area contributed by atoms with E-state index < -0.39 is 11.6 Å². The maximum absolute atomic E-state index is 15.0. The second-order valence-electron chi connectivity index (χ2n) is 9.15. The molecule has 0 spiro atoms. The van der Waals surface area contributed by atoms with E-state index in [2.05, 4.69) is 13.8 Å². The van der Waals surface area contributed by atoms with Gasteiger partial charge in [-0.25, -0.2) is 13.2 Å². The number of benzene rings is 4. The molecular formula is C33H31F3. The summed E-state index contributed by atoms with van der Waals surface area (Å²) in [5.41, 5.74) is 5.33. The minimum Gasteiger partial charge on any atom is -0.207 e. The molecule has 0 aliphatic rings. The molecule has 0 unspecified atom stereocenters. The van der Waals surface area contributed by atoms with Gasteiger partial charge in [0.1, 0.15) is 5.82 Å². The lowest BCUT2D eigenvalue weighted by Crippen LogP contribution is -1.94.